The number of ether oxygens (including phenoxy) is 2. The van der Waals surface area contributed by atoms with E-state index in [9.17, 15) is 14.3 Å². The minimum atomic E-state index is -0.798. The molecule has 1 aliphatic heterocycles. The van der Waals surface area contributed by atoms with Crippen molar-refractivity contribution in [3.63, 3.8) is 0 Å². The molecular formula is C25H30FNO4. The zero-order chi connectivity index (χ0) is 22.0. The Morgan fingerprint density at radius 3 is 2.65 bits per heavy atom. The Balaban J connectivity index is 1.29. The quantitative estimate of drug-likeness (QED) is 0.663. The summed E-state index contributed by atoms with van der Waals surface area (Å²) in [5.41, 5.74) is 0.690. The SMILES string of the molecule is CCOc1cccc(OC(C)C2CCC(CN3Cc4ccc(O)c(F)c4C3=O)CC2)c1. The predicted octanol–water partition coefficient (Wildman–Crippen LogP) is 5.16. The van der Waals surface area contributed by atoms with E-state index in [0.29, 0.717) is 37.1 Å². The van der Waals surface area contributed by atoms with Gasteiger partial charge in [-0.05, 0) is 75.1 Å². The molecule has 31 heavy (non-hydrogen) atoms. The fourth-order valence-electron chi connectivity index (χ4n) is 4.82. The average molecular weight is 428 g/mol. The van der Waals surface area contributed by atoms with Crippen LogP contribution in [0.1, 0.15) is 55.5 Å². The van der Waals surface area contributed by atoms with Crippen LogP contribution >= 0.6 is 0 Å². The van der Waals surface area contributed by atoms with Crippen molar-refractivity contribution in [1.29, 1.82) is 0 Å². The Morgan fingerprint density at radius 1 is 1.16 bits per heavy atom. The summed E-state index contributed by atoms with van der Waals surface area (Å²) in [7, 11) is 0. The van der Waals surface area contributed by atoms with Gasteiger partial charge in [0.05, 0.1) is 18.3 Å². The summed E-state index contributed by atoms with van der Waals surface area (Å²) in [6.45, 7) is 5.76. The molecule has 1 heterocycles. The van der Waals surface area contributed by atoms with Gasteiger partial charge in [-0.3, -0.25) is 4.79 Å². The topological polar surface area (TPSA) is 59.0 Å². The summed E-state index contributed by atoms with van der Waals surface area (Å²) >= 11 is 0. The number of carbonyl (C=O) groups is 1. The summed E-state index contributed by atoms with van der Waals surface area (Å²) in [5.74, 6) is 0.940. The summed E-state index contributed by atoms with van der Waals surface area (Å²) in [6, 6.07) is 10.7. The Labute approximate surface area is 182 Å². The summed E-state index contributed by atoms with van der Waals surface area (Å²) in [5, 5.41) is 9.57. The van der Waals surface area contributed by atoms with E-state index in [1.54, 1.807) is 11.0 Å². The molecule has 1 N–H and O–H groups in total. The number of hydrogen-bond donors (Lipinski definition) is 1. The highest BCUT2D eigenvalue weighted by Gasteiger charge is 2.34. The second-order valence-electron chi connectivity index (χ2n) is 8.63. The van der Waals surface area contributed by atoms with E-state index in [0.717, 1.165) is 37.2 Å². The lowest BCUT2D eigenvalue weighted by Crippen LogP contribution is -2.34. The normalized spacial score (nSPS) is 21.6. The van der Waals surface area contributed by atoms with Crippen molar-refractivity contribution in [2.24, 2.45) is 11.8 Å². The van der Waals surface area contributed by atoms with Crippen LogP contribution in [0, 0.1) is 17.7 Å². The number of phenols is 1. The molecule has 0 aromatic heterocycles. The molecule has 4 rings (SSSR count). The van der Waals surface area contributed by atoms with Crippen molar-refractivity contribution in [1.82, 2.24) is 4.90 Å². The maximum Gasteiger partial charge on any atom is 0.257 e. The van der Waals surface area contributed by atoms with E-state index in [1.807, 2.05) is 31.2 Å². The van der Waals surface area contributed by atoms with E-state index in [4.69, 9.17) is 9.47 Å². The van der Waals surface area contributed by atoms with Gasteiger partial charge in [0.15, 0.2) is 11.6 Å². The van der Waals surface area contributed by atoms with Gasteiger partial charge in [-0.15, -0.1) is 0 Å². The lowest BCUT2D eigenvalue weighted by molar-refractivity contribution is 0.0682. The van der Waals surface area contributed by atoms with Crippen molar-refractivity contribution in [2.75, 3.05) is 13.2 Å². The van der Waals surface area contributed by atoms with Crippen LogP contribution in [0.2, 0.25) is 0 Å². The van der Waals surface area contributed by atoms with Gasteiger partial charge in [0.1, 0.15) is 11.5 Å². The molecule has 0 saturated heterocycles. The van der Waals surface area contributed by atoms with E-state index < -0.39 is 11.6 Å². The van der Waals surface area contributed by atoms with Crippen molar-refractivity contribution >= 4 is 5.91 Å². The molecule has 166 valence electrons. The number of phenolic OH excluding ortho intramolecular Hbond substituents is 1. The van der Waals surface area contributed by atoms with Crippen LogP contribution < -0.4 is 9.47 Å². The molecule has 0 bridgehead atoms. The first-order valence-corrected chi connectivity index (χ1v) is 11.2. The monoisotopic (exact) mass is 427 g/mol. The summed E-state index contributed by atoms with van der Waals surface area (Å²) in [4.78, 5) is 14.4. The standard InChI is InChI=1S/C25H30FNO4/c1-3-30-20-5-4-6-21(13-20)31-16(2)18-9-7-17(8-10-18)14-27-15-19-11-12-22(28)24(26)23(19)25(27)29/h4-6,11-13,16-18,28H,3,7-10,14-15H2,1-2H3. The molecule has 1 fully saturated rings. The van der Waals surface area contributed by atoms with Gasteiger partial charge >= 0.3 is 0 Å². The van der Waals surface area contributed by atoms with Gasteiger partial charge in [0, 0.05) is 19.2 Å². The number of carbonyl (C=O) groups excluding carboxylic acids is 1. The smallest absolute Gasteiger partial charge is 0.257 e. The molecule has 0 spiro atoms. The van der Waals surface area contributed by atoms with Crippen LogP contribution in [0.3, 0.4) is 0 Å². The molecule has 5 nitrogen and oxygen atoms in total. The number of fused-ring (bicyclic) bond motifs is 1. The van der Waals surface area contributed by atoms with Crippen LogP contribution in [0.25, 0.3) is 0 Å². The maximum atomic E-state index is 14.2. The lowest BCUT2D eigenvalue weighted by Gasteiger charge is -2.34. The lowest BCUT2D eigenvalue weighted by atomic mass is 9.79. The summed E-state index contributed by atoms with van der Waals surface area (Å²) < 4.78 is 25.9. The van der Waals surface area contributed by atoms with E-state index in [2.05, 4.69) is 6.92 Å². The molecule has 1 saturated carbocycles. The molecule has 1 atom stereocenters. The number of aromatic hydroxyl groups is 1. The third kappa shape index (κ3) is 4.63. The zero-order valence-corrected chi connectivity index (χ0v) is 18.1. The van der Waals surface area contributed by atoms with Gasteiger partial charge in [-0.1, -0.05) is 12.1 Å². The Bertz CT molecular complexity index is 939. The molecule has 6 heteroatoms. The average Bonchev–Trinajstić information content (AvgIpc) is 3.07. The molecule has 2 aromatic rings. The number of rotatable bonds is 7. The highest BCUT2D eigenvalue weighted by Crippen LogP contribution is 2.36. The van der Waals surface area contributed by atoms with E-state index >= 15 is 0 Å². The molecule has 2 aliphatic rings. The van der Waals surface area contributed by atoms with Crippen molar-refractivity contribution in [3.8, 4) is 17.2 Å². The first-order valence-electron chi connectivity index (χ1n) is 11.2. The predicted molar refractivity (Wildman–Crippen MR) is 116 cm³/mol. The van der Waals surface area contributed by atoms with Crippen molar-refractivity contribution in [3.05, 3.63) is 53.3 Å². The van der Waals surface area contributed by atoms with Crippen molar-refractivity contribution < 1.29 is 23.8 Å². The van der Waals surface area contributed by atoms with Gasteiger partial charge in [0.25, 0.3) is 5.91 Å². The fraction of sp³-hybridized carbons (Fsp3) is 0.480. The molecule has 1 amide bonds. The molecule has 1 unspecified atom stereocenters. The fourth-order valence-corrected chi connectivity index (χ4v) is 4.82. The Kier molecular flexibility index (Phi) is 6.35. The third-order valence-corrected chi connectivity index (χ3v) is 6.54. The molecular weight excluding hydrogens is 397 g/mol. The van der Waals surface area contributed by atoms with Gasteiger partial charge in [-0.2, -0.15) is 0 Å². The minimum absolute atomic E-state index is 0.0324. The largest absolute Gasteiger partial charge is 0.505 e. The second-order valence-corrected chi connectivity index (χ2v) is 8.63. The molecule has 1 aliphatic carbocycles. The van der Waals surface area contributed by atoms with Gasteiger partial charge in [0.2, 0.25) is 0 Å². The first kappa shape index (κ1) is 21.5. The minimum Gasteiger partial charge on any atom is -0.505 e. The summed E-state index contributed by atoms with van der Waals surface area (Å²) in [6.07, 6.45) is 4.23. The molecule has 0 radical (unpaired) electrons. The van der Waals surface area contributed by atoms with Crippen LogP contribution in [-0.2, 0) is 6.54 Å². The van der Waals surface area contributed by atoms with Gasteiger partial charge in [-0.25, -0.2) is 4.39 Å². The number of benzene rings is 2. The number of amides is 1. The van der Waals surface area contributed by atoms with E-state index in [-0.39, 0.29) is 17.6 Å². The highest BCUT2D eigenvalue weighted by molar-refractivity contribution is 5.99. The highest BCUT2D eigenvalue weighted by atomic mass is 19.1. The maximum absolute atomic E-state index is 14.2. The van der Waals surface area contributed by atoms with Crippen LogP contribution in [0.5, 0.6) is 17.2 Å². The second kappa shape index (κ2) is 9.16. The first-order chi connectivity index (χ1) is 15.0. The third-order valence-electron chi connectivity index (χ3n) is 6.54. The van der Waals surface area contributed by atoms with Crippen LogP contribution in [0.4, 0.5) is 4.39 Å². The molecule has 2 aromatic carbocycles. The number of nitrogens with zero attached hydrogens (tertiary/aromatic N) is 1. The van der Waals surface area contributed by atoms with Crippen molar-refractivity contribution in [2.45, 2.75) is 52.2 Å². The number of hydrogen-bond acceptors (Lipinski definition) is 4. The van der Waals surface area contributed by atoms with Crippen LogP contribution in [-0.4, -0.2) is 35.2 Å². The Hall–Kier alpha value is -2.76. The Morgan fingerprint density at radius 2 is 1.90 bits per heavy atom. The zero-order valence-electron chi connectivity index (χ0n) is 18.1. The van der Waals surface area contributed by atoms with Gasteiger partial charge < -0.3 is 19.5 Å². The van der Waals surface area contributed by atoms with Crippen LogP contribution in [0.15, 0.2) is 36.4 Å². The van der Waals surface area contributed by atoms with E-state index in [1.165, 1.54) is 6.07 Å². The number of halogens is 1.